The Morgan fingerprint density at radius 1 is 1.14 bits per heavy atom. The molecule has 0 bridgehead atoms. The molecule has 2 aromatic rings. The summed E-state index contributed by atoms with van der Waals surface area (Å²) in [4.78, 5) is 15.2. The number of carbonyl (C=O) groups excluding carboxylic acids is 1. The summed E-state index contributed by atoms with van der Waals surface area (Å²) >= 11 is 1.54. The van der Waals surface area contributed by atoms with Gasteiger partial charge in [0.15, 0.2) is 0 Å². The van der Waals surface area contributed by atoms with E-state index in [-0.39, 0.29) is 11.9 Å². The minimum absolute atomic E-state index is 0.0117. The van der Waals surface area contributed by atoms with Crippen LogP contribution in [0.2, 0.25) is 0 Å². The predicted octanol–water partition coefficient (Wildman–Crippen LogP) is 1.87. The molecule has 0 aromatic heterocycles. The van der Waals surface area contributed by atoms with E-state index in [0.29, 0.717) is 5.75 Å². The fourth-order valence-corrected chi connectivity index (χ4v) is 3.97. The molecule has 28 heavy (non-hydrogen) atoms. The highest BCUT2D eigenvalue weighted by molar-refractivity contribution is 8.00. The zero-order valence-corrected chi connectivity index (χ0v) is 17.4. The molecular weight excluding hydrogens is 372 g/mol. The lowest BCUT2D eigenvalue weighted by atomic mass is 10.0. The van der Waals surface area contributed by atoms with Gasteiger partial charge < -0.3 is 19.7 Å². The molecule has 1 fully saturated rings. The Morgan fingerprint density at radius 2 is 1.82 bits per heavy atom. The molecule has 2 N–H and O–H groups in total. The van der Waals surface area contributed by atoms with Crippen molar-refractivity contribution in [2.24, 2.45) is 0 Å². The average Bonchev–Trinajstić information content (AvgIpc) is 2.73. The van der Waals surface area contributed by atoms with Gasteiger partial charge in [-0.05, 0) is 36.8 Å². The first kappa shape index (κ1) is 20.7. The highest BCUT2D eigenvalue weighted by Crippen LogP contribution is 2.21. The third-order valence-electron chi connectivity index (χ3n) is 4.94. The zero-order chi connectivity index (χ0) is 19.8. The number of carbonyl (C=O) groups is 1. The van der Waals surface area contributed by atoms with Crippen LogP contribution in [0.25, 0.3) is 0 Å². The highest BCUT2D eigenvalue weighted by Gasteiger charge is 2.23. The summed E-state index contributed by atoms with van der Waals surface area (Å²) in [5, 5.41) is 3.25. The maximum atomic E-state index is 12.6. The fraction of sp³-hybridized carbons (Fsp3) is 0.409. The summed E-state index contributed by atoms with van der Waals surface area (Å²) in [6.45, 7) is 6.51. The molecule has 1 heterocycles. The van der Waals surface area contributed by atoms with E-state index in [0.717, 1.165) is 49.1 Å². The fourth-order valence-electron chi connectivity index (χ4n) is 3.26. The summed E-state index contributed by atoms with van der Waals surface area (Å²) in [7, 11) is 1.65. The first-order chi connectivity index (χ1) is 13.6. The van der Waals surface area contributed by atoms with Gasteiger partial charge in [-0.1, -0.05) is 29.8 Å². The first-order valence-corrected chi connectivity index (χ1v) is 10.7. The van der Waals surface area contributed by atoms with Crippen LogP contribution < -0.4 is 15.0 Å². The topological polar surface area (TPSA) is 52.0 Å². The van der Waals surface area contributed by atoms with Gasteiger partial charge in [-0.25, -0.2) is 0 Å². The molecule has 2 aromatic carbocycles. The summed E-state index contributed by atoms with van der Waals surface area (Å²) < 4.78 is 10.6. The maximum Gasteiger partial charge on any atom is 0.231 e. The number of thioether (sulfide) groups is 1. The van der Waals surface area contributed by atoms with Crippen molar-refractivity contribution in [3.63, 3.8) is 0 Å². The largest absolute Gasteiger partial charge is 0.497 e. The molecule has 0 aliphatic carbocycles. The van der Waals surface area contributed by atoms with E-state index in [4.69, 9.17) is 9.47 Å². The number of rotatable bonds is 8. The van der Waals surface area contributed by atoms with Gasteiger partial charge in [0.2, 0.25) is 5.91 Å². The van der Waals surface area contributed by atoms with Crippen molar-refractivity contribution in [1.29, 1.82) is 0 Å². The van der Waals surface area contributed by atoms with Crippen LogP contribution >= 0.6 is 11.8 Å². The second-order valence-electron chi connectivity index (χ2n) is 7.06. The number of hydrogen-bond donors (Lipinski definition) is 2. The summed E-state index contributed by atoms with van der Waals surface area (Å²) in [5.74, 6) is 1.27. The third-order valence-corrected chi connectivity index (χ3v) is 5.95. The van der Waals surface area contributed by atoms with Crippen molar-refractivity contribution in [3.05, 3.63) is 59.7 Å². The van der Waals surface area contributed by atoms with Crippen molar-refractivity contribution in [3.8, 4) is 5.75 Å². The van der Waals surface area contributed by atoms with Gasteiger partial charge in [-0.2, -0.15) is 0 Å². The van der Waals surface area contributed by atoms with Crippen LogP contribution in [0.15, 0.2) is 53.4 Å². The highest BCUT2D eigenvalue weighted by atomic mass is 32.2. The Balaban J connectivity index is 1.60. The molecule has 150 valence electrons. The van der Waals surface area contributed by atoms with E-state index >= 15 is 0 Å². The van der Waals surface area contributed by atoms with Crippen molar-refractivity contribution in [1.82, 2.24) is 5.32 Å². The summed E-state index contributed by atoms with van der Waals surface area (Å²) in [5.41, 5.74) is 2.38. The van der Waals surface area contributed by atoms with E-state index in [9.17, 15) is 4.79 Å². The standard InChI is InChI=1S/C22H28N2O3S/c1-17-3-5-18(6-4-17)21(15-24-11-13-27-14-12-24)23-22(25)16-28-20-9-7-19(26-2)8-10-20/h3-10,21H,11-16H2,1-2H3,(H,23,25)/p+1/t21-/m0/s1. The molecule has 0 spiro atoms. The smallest absolute Gasteiger partial charge is 0.231 e. The molecule has 0 unspecified atom stereocenters. The van der Waals surface area contributed by atoms with Gasteiger partial charge in [-0.3, -0.25) is 4.79 Å². The van der Waals surface area contributed by atoms with Crippen LogP contribution in [0, 0.1) is 6.92 Å². The van der Waals surface area contributed by atoms with Crippen LogP contribution in [0.1, 0.15) is 17.2 Å². The lowest BCUT2D eigenvalue weighted by Crippen LogP contribution is -3.14. The van der Waals surface area contributed by atoms with Gasteiger partial charge in [0.25, 0.3) is 0 Å². The normalized spacial score (nSPS) is 15.8. The minimum Gasteiger partial charge on any atom is -0.497 e. The molecule has 1 atom stereocenters. The number of ether oxygens (including phenoxy) is 2. The van der Waals surface area contributed by atoms with Gasteiger partial charge in [0.05, 0.1) is 26.1 Å². The Hall–Kier alpha value is -2.02. The number of aryl methyl sites for hydroxylation is 1. The van der Waals surface area contributed by atoms with Crippen molar-refractivity contribution >= 4 is 17.7 Å². The molecule has 1 aliphatic rings. The van der Waals surface area contributed by atoms with E-state index in [2.05, 4.69) is 36.5 Å². The van der Waals surface area contributed by atoms with E-state index in [1.54, 1.807) is 7.11 Å². The minimum atomic E-state index is 0.0117. The number of nitrogens with one attached hydrogen (secondary N) is 2. The molecule has 1 aliphatic heterocycles. The van der Waals surface area contributed by atoms with Crippen molar-refractivity contribution < 1.29 is 19.2 Å². The van der Waals surface area contributed by atoms with E-state index in [1.807, 2.05) is 24.3 Å². The second kappa shape index (κ2) is 10.5. The van der Waals surface area contributed by atoms with Crippen LogP contribution in [0.3, 0.4) is 0 Å². The van der Waals surface area contributed by atoms with E-state index in [1.165, 1.54) is 22.2 Å². The molecule has 1 saturated heterocycles. The van der Waals surface area contributed by atoms with E-state index < -0.39 is 0 Å². The molecule has 3 rings (SSSR count). The average molecular weight is 402 g/mol. The van der Waals surface area contributed by atoms with Gasteiger partial charge in [0, 0.05) is 4.90 Å². The van der Waals surface area contributed by atoms with Gasteiger partial charge >= 0.3 is 0 Å². The SMILES string of the molecule is COc1ccc(SCC(=O)N[C@@H](C[NH+]2CCOCC2)c2ccc(C)cc2)cc1. The Labute approximate surface area is 171 Å². The van der Waals surface area contributed by atoms with Crippen LogP contribution in [-0.4, -0.2) is 51.6 Å². The molecular formula is C22H29N2O3S+. The Morgan fingerprint density at radius 3 is 2.46 bits per heavy atom. The molecule has 5 nitrogen and oxygen atoms in total. The number of amides is 1. The van der Waals surface area contributed by atoms with Gasteiger partial charge in [0.1, 0.15) is 31.4 Å². The quantitative estimate of drug-likeness (QED) is 0.663. The Kier molecular flexibility index (Phi) is 7.77. The summed E-state index contributed by atoms with van der Waals surface area (Å²) in [6.07, 6.45) is 0. The molecule has 0 radical (unpaired) electrons. The number of hydrogen-bond acceptors (Lipinski definition) is 4. The van der Waals surface area contributed by atoms with Crippen LogP contribution in [0.5, 0.6) is 5.75 Å². The third kappa shape index (κ3) is 6.26. The predicted molar refractivity (Wildman–Crippen MR) is 112 cm³/mol. The number of methoxy groups -OCH3 is 1. The Bertz CT molecular complexity index is 743. The van der Waals surface area contributed by atoms with Crippen LogP contribution in [0.4, 0.5) is 0 Å². The number of morpholine rings is 1. The maximum absolute atomic E-state index is 12.6. The zero-order valence-electron chi connectivity index (χ0n) is 16.6. The number of benzene rings is 2. The molecule has 0 saturated carbocycles. The van der Waals surface area contributed by atoms with Crippen molar-refractivity contribution in [2.45, 2.75) is 17.9 Å². The van der Waals surface area contributed by atoms with Gasteiger partial charge in [-0.15, -0.1) is 11.8 Å². The first-order valence-electron chi connectivity index (χ1n) is 9.68. The lowest BCUT2D eigenvalue weighted by Gasteiger charge is -2.28. The molecule has 1 amide bonds. The molecule has 6 heteroatoms. The second-order valence-corrected chi connectivity index (χ2v) is 8.11. The van der Waals surface area contributed by atoms with Crippen LogP contribution in [-0.2, 0) is 9.53 Å². The monoisotopic (exact) mass is 401 g/mol. The summed E-state index contributed by atoms with van der Waals surface area (Å²) in [6, 6.07) is 16.3. The number of quaternary nitrogens is 1. The van der Waals surface area contributed by atoms with Crippen molar-refractivity contribution in [2.75, 3.05) is 45.7 Å². The lowest BCUT2D eigenvalue weighted by molar-refractivity contribution is -0.909.